The van der Waals surface area contributed by atoms with Crippen molar-refractivity contribution in [3.8, 4) is 0 Å². The Morgan fingerprint density at radius 1 is 1.32 bits per heavy atom. The van der Waals surface area contributed by atoms with Gasteiger partial charge in [-0.3, -0.25) is 9.59 Å². The molecule has 0 unspecified atom stereocenters. The molecule has 104 valence electrons. The molecular formula is C14H19ClN2O2. The predicted octanol–water partition coefficient (Wildman–Crippen LogP) is 2.21. The van der Waals surface area contributed by atoms with Gasteiger partial charge in [-0.15, -0.1) is 0 Å². The number of nitrogens with zero attached hydrogens (tertiary/aromatic N) is 1. The number of hydrogen-bond donors (Lipinski definition) is 1. The van der Waals surface area contributed by atoms with E-state index >= 15 is 0 Å². The maximum Gasteiger partial charge on any atom is 0.242 e. The Kier molecular flexibility index (Phi) is 5.83. The monoisotopic (exact) mass is 282 g/mol. The third-order valence-electron chi connectivity index (χ3n) is 2.98. The van der Waals surface area contributed by atoms with Crippen LogP contribution in [0.15, 0.2) is 24.3 Å². The van der Waals surface area contributed by atoms with Crippen molar-refractivity contribution in [3.05, 3.63) is 34.9 Å². The zero-order chi connectivity index (χ0) is 14.4. The maximum atomic E-state index is 12.0. The molecule has 1 aromatic carbocycles. The van der Waals surface area contributed by atoms with Crippen LogP contribution in [0.1, 0.15) is 25.8 Å². The van der Waals surface area contributed by atoms with E-state index in [2.05, 4.69) is 5.32 Å². The lowest BCUT2D eigenvalue weighted by molar-refractivity contribution is -0.140. The van der Waals surface area contributed by atoms with E-state index in [-0.39, 0.29) is 11.8 Å². The largest absolute Gasteiger partial charge is 0.357 e. The molecule has 1 N–H and O–H groups in total. The summed E-state index contributed by atoms with van der Waals surface area (Å²) < 4.78 is 0. The fourth-order valence-electron chi connectivity index (χ4n) is 1.78. The Bertz CT molecular complexity index is 445. The minimum Gasteiger partial charge on any atom is -0.357 e. The molecule has 0 saturated carbocycles. The Labute approximate surface area is 118 Å². The summed E-state index contributed by atoms with van der Waals surface area (Å²) in [6.07, 6.45) is 0.370. The van der Waals surface area contributed by atoms with E-state index in [9.17, 15) is 9.59 Å². The van der Waals surface area contributed by atoms with Crippen LogP contribution in [0.5, 0.6) is 0 Å². The SMILES string of the molecule is CCC(=O)N(Cc1ccc(Cl)cc1)[C@@H](C)C(=O)NC. The number of halogens is 1. The molecule has 0 saturated heterocycles. The van der Waals surface area contributed by atoms with Gasteiger partial charge in [0.05, 0.1) is 0 Å². The third kappa shape index (κ3) is 4.24. The molecule has 0 bridgehead atoms. The van der Waals surface area contributed by atoms with Gasteiger partial charge in [-0.25, -0.2) is 0 Å². The first kappa shape index (κ1) is 15.5. The molecule has 0 heterocycles. The Morgan fingerprint density at radius 2 is 1.89 bits per heavy atom. The summed E-state index contributed by atoms with van der Waals surface area (Å²) in [5.74, 6) is -0.221. The number of nitrogens with one attached hydrogen (secondary N) is 1. The quantitative estimate of drug-likeness (QED) is 0.900. The first-order valence-corrected chi connectivity index (χ1v) is 6.62. The smallest absolute Gasteiger partial charge is 0.242 e. The normalized spacial score (nSPS) is 11.8. The molecule has 0 fully saturated rings. The van der Waals surface area contributed by atoms with Crippen LogP contribution in [-0.4, -0.2) is 29.8 Å². The van der Waals surface area contributed by atoms with Crippen molar-refractivity contribution in [2.24, 2.45) is 0 Å². The fraction of sp³-hybridized carbons (Fsp3) is 0.429. The lowest BCUT2D eigenvalue weighted by Crippen LogP contribution is -2.46. The van der Waals surface area contributed by atoms with Gasteiger partial charge in [0.1, 0.15) is 6.04 Å². The highest BCUT2D eigenvalue weighted by Gasteiger charge is 2.24. The zero-order valence-electron chi connectivity index (χ0n) is 11.4. The highest BCUT2D eigenvalue weighted by atomic mass is 35.5. The Hall–Kier alpha value is -1.55. The summed E-state index contributed by atoms with van der Waals surface area (Å²) in [6.45, 7) is 3.91. The minimum absolute atomic E-state index is 0.0500. The Balaban J connectivity index is 2.89. The number of benzene rings is 1. The second-order valence-corrected chi connectivity index (χ2v) is 4.73. The predicted molar refractivity (Wildman–Crippen MR) is 75.8 cm³/mol. The molecule has 1 aromatic rings. The summed E-state index contributed by atoms with van der Waals surface area (Å²) in [7, 11) is 1.57. The van der Waals surface area contributed by atoms with Crippen LogP contribution in [0.25, 0.3) is 0 Å². The van der Waals surface area contributed by atoms with Crippen molar-refractivity contribution in [2.45, 2.75) is 32.9 Å². The second kappa shape index (κ2) is 7.14. The van der Waals surface area contributed by atoms with Gasteiger partial charge in [-0.1, -0.05) is 30.7 Å². The van der Waals surface area contributed by atoms with Crippen molar-refractivity contribution >= 4 is 23.4 Å². The highest BCUT2D eigenvalue weighted by Crippen LogP contribution is 2.14. The molecule has 0 aliphatic carbocycles. The number of carbonyl (C=O) groups excluding carboxylic acids is 2. The van der Waals surface area contributed by atoms with Gasteiger partial charge in [-0.2, -0.15) is 0 Å². The van der Waals surface area contributed by atoms with E-state index in [1.165, 1.54) is 0 Å². The molecule has 19 heavy (non-hydrogen) atoms. The second-order valence-electron chi connectivity index (χ2n) is 4.29. The van der Waals surface area contributed by atoms with Gasteiger partial charge in [0.15, 0.2) is 0 Å². The summed E-state index contributed by atoms with van der Waals surface area (Å²) >= 11 is 5.83. The van der Waals surface area contributed by atoms with Gasteiger partial charge in [0.2, 0.25) is 11.8 Å². The molecule has 1 rings (SSSR count). The van der Waals surface area contributed by atoms with Crippen molar-refractivity contribution in [2.75, 3.05) is 7.05 Å². The van der Waals surface area contributed by atoms with Crippen LogP contribution < -0.4 is 5.32 Å². The van der Waals surface area contributed by atoms with Gasteiger partial charge in [-0.05, 0) is 24.6 Å². The van der Waals surface area contributed by atoms with E-state index in [0.29, 0.717) is 18.0 Å². The summed E-state index contributed by atoms with van der Waals surface area (Å²) in [5, 5.41) is 3.21. The summed E-state index contributed by atoms with van der Waals surface area (Å²) in [4.78, 5) is 25.2. The van der Waals surface area contributed by atoms with E-state index < -0.39 is 6.04 Å². The molecule has 0 aliphatic heterocycles. The van der Waals surface area contributed by atoms with E-state index in [0.717, 1.165) is 5.56 Å². The number of carbonyl (C=O) groups is 2. The summed E-state index contributed by atoms with van der Waals surface area (Å²) in [6, 6.07) is 6.77. The first-order chi connectivity index (χ1) is 8.99. The number of hydrogen-bond acceptors (Lipinski definition) is 2. The third-order valence-corrected chi connectivity index (χ3v) is 3.23. The highest BCUT2D eigenvalue weighted by molar-refractivity contribution is 6.30. The lowest BCUT2D eigenvalue weighted by atomic mass is 10.1. The summed E-state index contributed by atoms with van der Waals surface area (Å²) in [5.41, 5.74) is 0.946. The van der Waals surface area contributed by atoms with E-state index in [4.69, 9.17) is 11.6 Å². The van der Waals surface area contributed by atoms with Crippen LogP contribution in [0.2, 0.25) is 5.02 Å². The molecule has 4 nitrogen and oxygen atoms in total. The number of likely N-dealkylation sites (N-methyl/N-ethyl adjacent to an activating group) is 1. The van der Waals surface area contributed by atoms with Crippen molar-refractivity contribution in [3.63, 3.8) is 0 Å². The van der Waals surface area contributed by atoms with E-state index in [1.54, 1.807) is 37.9 Å². The van der Waals surface area contributed by atoms with Gasteiger partial charge < -0.3 is 10.2 Å². The molecule has 2 amide bonds. The van der Waals surface area contributed by atoms with Gasteiger partial charge in [0, 0.05) is 25.0 Å². The van der Waals surface area contributed by atoms with Crippen LogP contribution in [0.3, 0.4) is 0 Å². The zero-order valence-corrected chi connectivity index (χ0v) is 12.2. The Morgan fingerprint density at radius 3 is 2.37 bits per heavy atom. The fourth-order valence-corrected chi connectivity index (χ4v) is 1.91. The van der Waals surface area contributed by atoms with Crippen molar-refractivity contribution in [1.82, 2.24) is 10.2 Å². The van der Waals surface area contributed by atoms with Crippen LogP contribution in [0.4, 0.5) is 0 Å². The minimum atomic E-state index is -0.492. The molecule has 0 aromatic heterocycles. The number of amides is 2. The average molecular weight is 283 g/mol. The molecule has 1 atom stereocenters. The molecule has 0 radical (unpaired) electrons. The number of rotatable bonds is 5. The van der Waals surface area contributed by atoms with Crippen LogP contribution in [0, 0.1) is 0 Å². The topological polar surface area (TPSA) is 49.4 Å². The van der Waals surface area contributed by atoms with Crippen molar-refractivity contribution < 1.29 is 9.59 Å². The molecule has 0 aliphatic rings. The lowest BCUT2D eigenvalue weighted by Gasteiger charge is -2.28. The average Bonchev–Trinajstić information content (AvgIpc) is 2.44. The van der Waals surface area contributed by atoms with Crippen molar-refractivity contribution in [1.29, 1.82) is 0 Å². The van der Waals surface area contributed by atoms with Gasteiger partial charge >= 0.3 is 0 Å². The van der Waals surface area contributed by atoms with Crippen LogP contribution in [-0.2, 0) is 16.1 Å². The van der Waals surface area contributed by atoms with Crippen LogP contribution >= 0.6 is 11.6 Å². The van der Waals surface area contributed by atoms with Gasteiger partial charge in [0.25, 0.3) is 0 Å². The molecule has 0 spiro atoms. The van der Waals surface area contributed by atoms with E-state index in [1.807, 2.05) is 12.1 Å². The maximum absolute atomic E-state index is 12.0. The molecule has 5 heteroatoms. The first-order valence-electron chi connectivity index (χ1n) is 6.25. The molecular weight excluding hydrogens is 264 g/mol. The standard InChI is InChI=1S/C14H19ClN2O2/c1-4-13(18)17(10(2)14(19)16-3)9-11-5-7-12(15)8-6-11/h5-8,10H,4,9H2,1-3H3,(H,16,19)/t10-/m0/s1.